The third-order valence-electron chi connectivity index (χ3n) is 2.31. The van der Waals surface area contributed by atoms with Gasteiger partial charge in [-0.05, 0) is 37.7 Å². The molecule has 2 aliphatic rings. The van der Waals surface area contributed by atoms with Crippen LogP contribution in [0.25, 0.3) is 0 Å². The van der Waals surface area contributed by atoms with Crippen molar-refractivity contribution in [2.24, 2.45) is 0 Å². The first-order valence-electron chi connectivity index (χ1n) is 4.84. The van der Waals surface area contributed by atoms with Crippen molar-refractivity contribution in [2.75, 3.05) is 0 Å². The molecule has 11 heavy (non-hydrogen) atoms. The fourth-order valence-electron chi connectivity index (χ4n) is 1.77. The van der Waals surface area contributed by atoms with Crippen molar-refractivity contribution in [3.05, 3.63) is 23.3 Å². The molecule has 0 radical (unpaired) electrons. The molecular weight excluding hydrogens is 132 g/mol. The lowest BCUT2D eigenvalue weighted by Crippen LogP contribution is -1.92. The Kier molecular flexibility index (Phi) is 3.41. The Morgan fingerprint density at radius 3 is 2.55 bits per heavy atom. The van der Waals surface area contributed by atoms with Crippen LogP contribution in [0.1, 0.15) is 46.0 Å². The van der Waals surface area contributed by atoms with Gasteiger partial charge in [0.1, 0.15) is 0 Å². The quantitative estimate of drug-likeness (QED) is 0.492. The van der Waals surface area contributed by atoms with E-state index in [0.29, 0.717) is 0 Å². The van der Waals surface area contributed by atoms with Gasteiger partial charge in [0.25, 0.3) is 0 Å². The molecule has 0 aromatic carbocycles. The number of hydrogen-bond acceptors (Lipinski definition) is 0. The minimum absolute atomic E-state index is 1.26. The first-order chi connectivity index (χ1) is 5.47. The predicted molar refractivity (Wildman–Crippen MR) is 50.6 cm³/mol. The van der Waals surface area contributed by atoms with Gasteiger partial charge in [-0.3, -0.25) is 0 Å². The van der Waals surface area contributed by atoms with Gasteiger partial charge in [0.15, 0.2) is 0 Å². The molecule has 0 spiro atoms. The number of hydrogen-bond donors (Lipinski definition) is 0. The second kappa shape index (κ2) is 4.38. The highest BCUT2D eigenvalue weighted by Gasteiger charge is 2.12. The summed E-state index contributed by atoms with van der Waals surface area (Å²) in [5, 5.41) is 0. The molecule has 0 saturated carbocycles. The molecule has 0 atom stereocenters. The van der Waals surface area contributed by atoms with E-state index in [1.807, 2.05) is 13.8 Å². The molecule has 0 saturated heterocycles. The van der Waals surface area contributed by atoms with Crippen LogP contribution in [0.4, 0.5) is 0 Å². The van der Waals surface area contributed by atoms with Crippen molar-refractivity contribution in [3.8, 4) is 0 Å². The van der Waals surface area contributed by atoms with Gasteiger partial charge in [0.05, 0.1) is 0 Å². The molecule has 0 aromatic rings. The van der Waals surface area contributed by atoms with E-state index >= 15 is 0 Å². The van der Waals surface area contributed by atoms with Gasteiger partial charge in [-0.2, -0.15) is 0 Å². The van der Waals surface area contributed by atoms with E-state index < -0.39 is 0 Å². The van der Waals surface area contributed by atoms with E-state index in [-0.39, 0.29) is 0 Å². The van der Waals surface area contributed by atoms with Gasteiger partial charge < -0.3 is 0 Å². The fraction of sp³-hybridized carbons (Fsp3) is 0.636. The van der Waals surface area contributed by atoms with Crippen molar-refractivity contribution in [1.29, 1.82) is 0 Å². The fourth-order valence-corrected chi connectivity index (χ4v) is 1.77. The van der Waals surface area contributed by atoms with Gasteiger partial charge in [-0.25, -0.2) is 0 Å². The van der Waals surface area contributed by atoms with Crippen molar-refractivity contribution in [1.82, 2.24) is 0 Å². The zero-order chi connectivity index (χ0) is 8.10. The minimum atomic E-state index is 1.26. The summed E-state index contributed by atoms with van der Waals surface area (Å²) in [4.78, 5) is 0. The molecule has 0 aliphatic heterocycles. The minimum Gasteiger partial charge on any atom is -0.0802 e. The zero-order valence-corrected chi connectivity index (χ0v) is 7.69. The molecule has 0 N–H and O–H groups in total. The van der Waals surface area contributed by atoms with E-state index in [9.17, 15) is 0 Å². The van der Waals surface area contributed by atoms with Gasteiger partial charge in [-0.15, -0.1) is 0 Å². The molecule has 0 nitrogen and oxygen atoms in total. The van der Waals surface area contributed by atoms with Crippen LogP contribution in [0.5, 0.6) is 0 Å². The van der Waals surface area contributed by atoms with Gasteiger partial charge in [0.2, 0.25) is 0 Å². The highest BCUT2D eigenvalue weighted by Crippen LogP contribution is 2.31. The maximum Gasteiger partial charge on any atom is -0.0130 e. The molecule has 2 aliphatic carbocycles. The Balaban J connectivity index is 0.000000281. The molecule has 62 valence electrons. The third-order valence-corrected chi connectivity index (χ3v) is 2.31. The predicted octanol–water partition coefficient (Wildman–Crippen LogP) is 3.84. The van der Waals surface area contributed by atoms with E-state index in [0.717, 1.165) is 0 Å². The molecule has 0 bridgehead atoms. The van der Waals surface area contributed by atoms with E-state index in [1.165, 1.54) is 32.1 Å². The Hall–Kier alpha value is -0.520. The van der Waals surface area contributed by atoms with Crippen LogP contribution in [0.2, 0.25) is 0 Å². The molecule has 0 aromatic heterocycles. The van der Waals surface area contributed by atoms with Crippen LogP contribution >= 0.6 is 0 Å². The summed E-state index contributed by atoms with van der Waals surface area (Å²) < 4.78 is 0. The standard InChI is InChI=1S/C9H12.C2H6/c1-2-5-9-7-3-6-8(9)4-1;1-2/h3,6H,1-2,4-5,7H2;1-2H3. The molecular formula is C11H18. The van der Waals surface area contributed by atoms with Crippen LogP contribution in [0.3, 0.4) is 0 Å². The summed E-state index contributed by atoms with van der Waals surface area (Å²) in [6.45, 7) is 4.00. The van der Waals surface area contributed by atoms with Crippen molar-refractivity contribution < 1.29 is 0 Å². The lowest BCUT2D eigenvalue weighted by molar-refractivity contribution is 0.681. The van der Waals surface area contributed by atoms with Crippen molar-refractivity contribution >= 4 is 0 Å². The Morgan fingerprint density at radius 2 is 1.82 bits per heavy atom. The lowest BCUT2D eigenvalue weighted by atomic mass is 9.94. The summed E-state index contributed by atoms with van der Waals surface area (Å²) in [6, 6.07) is 0. The Morgan fingerprint density at radius 1 is 1.09 bits per heavy atom. The summed E-state index contributed by atoms with van der Waals surface area (Å²) in [5.41, 5.74) is 3.38. The smallest absolute Gasteiger partial charge is 0.0130 e. The third kappa shape index (κ3) is 1.95. The molecule has 0 fully saturated rings. The van der Waals surface area contributed by atoms with E-state index in [4.69, 9.17) is 0 Å². The van der Waals surface area contributed by atoms with Crippen LogP contribution in [-0.4, -0.2) is 0 Å². The zero-order valence-electron chi connectivity index (χ0n) is 7.69. The molecule has 0 heterocycles. The number of rotatable bonds is 0. The van der Waals surface area contributed by atoms with Crippen LogP contribution in [0.15, 0.2) is 23.3 Å². The highest BCUT2D eigenvalue weighted by molar-refractivity contribution is 5.34. The van der Waals surface area contributed by atoms with Gasteiger partial charge in [0, 0.05) is 0 Å². The molecule has 0 heteroatoms. The highest BCUT2D eigenvalue weighted by atomic mass is 14.2. The average molecular weight is 150 g/mol. The van der Waals surface area contributed by atoms with Crippen LogP contribution in [-0.2, 0) is 0 Å². The SMILES string of the molecule is C1=CC2=C(C1)CCCC2.CC. The lowest BCUT2D eigenvalue weighted by Gasteiger charge is -2.12. The van der Waals surface area contributed by atoms with Gasteiger partial charge >= 0.3 is 0 Å². The first kappa shape index (κ1) is 8.58. The van der Waals surface area contributed by atoms with Crippen molar-refractivity contribution in [3.63, 3.8) is 0 Å². The molecule has 2 rings (SSSR count). The maximum atomic E-state index is 2.31. The van der Waals surface area contributed by atoms with E-state index in [1.54, 1.807) is 11.1 Å². The average Bonchev–Trinajstić information content (AvgIpc) is 2.55. The number of allylic oxidation sites excluding steroid dienone is 4. The summed E-state index contributed by atoms with van der Waals surface area (Å²) in [7, 11) is 0. The van der Waals surface area contributed by atoms with Crippen molar-refractivity contribution in [2.45, 2.75) is 46.0 Å². The van der Waals surface area contributed by atoms with E-state index in [2.05, 4.69) is 12.2 Å². The Labute approximate surface area is 70.0 Å². The van der Waals surface area contributed by atoms with Crippen LogP contribution in [0, 0.1) is 0 Å². The second-order valence-corrected chi connectivity index (χ2v) is 2.94. The topological polar surface area (TPSA) is 0 Å². The van der Waals surface area contributed by atoms with Crippen LogP contribution < -0.4 is 0 Å². The summed E-state index contributed by atoms with van der Waals surface area (Å²) >= 11 is 0. The Bertz CT molecular complexity index is 172. The first-order valence-corrected chi connectivity index (χ1v) is 4.84. The molecule has 0 amide bonds. The second-order valence-electron chi connectivity index (χ2n) is 2.94. The molecule has 0 unspecified atom stereocenters. The summed E-state index contributed by atoms with van der Waals surface area (Å²) in [6.07, 6.45) is 11.5. The maximum absolute atomic E-state index is 2.31. The monoisotopic (exact) mass is 150 g/mol. The summed E-state index contributed by atoms with van der Waals surface area (Å²) in [5.74, 6) is 0. The largest absolute Gasteiger partial charge is 0.0802 e. The van der Waals surface area contributed by atoms with Gasteiger partial charge in [-0.1, -0.05) is 31.6 Å². The normalized spacial score (nSPS) is 20.9.